The highest BCUT2D eigenvalue weighted by atomic mass is 32.2. The fraction of sp³-hybridized carbons (Fsp3) is 0.375. The van der Waals surface area contributed by atoms with E-state index < -0.39 is 0 Å². The molecule has 0 aliphatic heterocycles. The van der Waals surface area contributed by atoms with Gasteiger partial charge in [-0.25, -0.2) is 4.98 Å². The van der Waals surface area contributed by atoms with Gasteiger partial charge in [-0.3, -0.25) is 0 Å². The molecule has 0 spiro atoms. The van der Waals surface area contributed by atoms with Crippen molar-refractivity contribution < 1.29 is 5.11 Å². The van der Waals surface area contributed by atoms with Crippen LogP contribution in [0.4, 0.5) is 0 Å². The molecule has 0 saturated heterocycles. The Balaban J connectivity index is 2.66. The molecule has 60 valence electrons. The Morgan fingerprint density at radius 1 is 1.55 bits per heavy atom. The summed E-state index contributed by atoms with van der Waals surface area (Å²) in [4.78, 5) is 4.14. The third-order valence-corrected chi connectivity index (χ3v) is 2.10. The van der Waals surface area contributed by atoms with Crippen LogP contribution in [0, 0.1) is 0 Å². The highest BCUT2D eigenvalue weighted by Gasteiger charge is 1.93. The second kappa shape index (κ2) is 4.36. The summed E-state index contributed by atoms with van der Waals surface area (Å²) < 4.78 is 0. The molecule has 1 rings (SSSR count). The van der Waals surface area contributed by atoms with E-state index in [4.69, 9.17) is 5.11 Å². The van der Waals surface area contributed by atoms with Crippen LogP contribution in [0.25, 0.3) is 0 Å². The molecule has 3 heteroatoms. The third-order valence-electron chi connectivity index (χ3n) is 1.27. The summed E-state index contributed by atoms with van der Waals surface area (Å²) in [5, 5.41) is 9.73. The number of hydrogen-bond donors (Lipinski definition) is 1. The molecule has 0 saturated carbocycles. The smallest absolute Gasteiger partial charge is 0.0959 e. The summed E-state index contributed by atoms with van der Waals surface area (Å²) >= 11 is 1.70. The quantitative estimate of drug-likeness (QED) is 0.699. The molecule has 0 fully saturated rings. The molecular weight excluding hydrogens is 158 g/mol. The lowest BCUT2D eigenvalue weighted by molar-refractivity contribution is 0.281. The van der Waals surface area contributed by atoms with Gasteiger partial charge in [0.05, 0.1) is 11.6 Å². The number of pyridine rings is 1. The SMILES string of the molecule is CCSc1ccc(CO)cn1. The first-order valence-corrected chi connectivity index (χ1v) is 4.54. The average Bonchev–Trinajstić information content (AvgIpc) is 2.07. The molecule has 2 nitrogen and oxygen atoms in total. The predicted octanol–water partition coefficient (Wildman–Crippen LogP) is 1.69. The maximum absolute atomic E-state index is 8.71. The Bertz CT molecular complexity index is 210. The van der Waals surface area contributed by atoms with E-state index >= 15 is 0 Å². The molecular formula is C8H11NOS. The van der Waals surface area contributed by atoms with Gasteiger partial charge >= 0.3 is 0 Å². The van der Waals surface area contributed by atoms with Crippen LogP contribution in [-0.2, 0) is 6.61 Å². The van der Waals surface area contributed by atoms with Crippen LogP contribution in [0.1, 0.15) is 12.5 Å². The standard InChI is InChI=1S/C8H11NOS/c1-2-11-8-4-3-7(6-10)5-9-8/h3-5,10H,2,6H2,1H3. The second-order valence-corrected chi connectivity index (χ2v) is 3.38. The summed E-state index contributed by atoms with van der Waals surface area (Å²) in [7, 11) is 0. The van der Waals surface area contributed by atoms with E-state index in [2.05, 4.69) is 11.9 Å². The van der Waals surface area contributed by atoms with E-state index in [1.165, 1.54) is 0 Å². The van der Waals surface area contributed by atoms with Gasteiger partial charge < -0.3 is 5.11 Å². The molecule has 1 aromatic rings. The van der Waals surface area contributed by atoms with Crippen molar-refractivity contribution >= 4 is 11.8 Å². The minimum Gasteiger partial charge on any atom is -0.392 e. The molecule has 0 aliphatic carbocycles. The molecule has 11 heavy (non-hydrogen) atoms. The lowest BCUT2D eigenvalue weighted by Crippen LogP contribution is -1.85. The Morgan fingerprint density at radius 2 is 2.36 bits per heavy atom. The van der Waals surface area contributed by atoms with Gasteiger partial charge in [-0.1, -0.05) is 13.0 Å². The Hall–Kier alpha value is -0.540. The van der Waals surface area contributed by atoms with E-state index in [1.54, 1.807) is 18.0 Å². The molecule has 0 aliphatic rings. The van der Waals surface area contributed by atoms with E-state index in [1.807, 2.05) is 12.1 Å². The Labute approximate surface area is 70.7 Å². The third kappa shape index (κ3) is 2.52. The van der Waals surface area contributed by atoms with Crippen LogP contribution in [0.15, 0.2) is 23.4 Å². The normalized spacial score (nSPS) is 10.0. The number of aliphatic hydroxyl groups is 1. The Morgan fingerprint density at radius 3 is 2.82 bits per heavy atom. The zero-order valence-electron chi connectivity index (χ0n) is 6.45. The first kappa shape index (κ1) is 8.56. The Kier molecular flexibility index (Phi) is 3.39. The van der Waals surface area contributed by atoms with Gasteiger partial charge in [-0.2, -0.15) is 0 Å². The predicted molar refractivity (Wildman–Crippen MR) is 46.6 cm³/mol. The minimum absolute atomic E-state index is 0.0735. The van der Waals surface area contributed by atoms with Crippen molar-refractivity contribution in [3.05, 3.63) is 23.9 Å². The van der Waals surface area contributed by atoms with E-state index in [-0.39, 0.29) is 6.61 Å². The molecule has 1 N–H and O–H groups in total. The lowest BCUT2D eigenvalue weighted by atomic mass is 10.3. The summed E-state index contributed by atoms with van der Waals surface area (Å²) in [6, 6.07) is 3.82. The molecule has 0 amide bonds. The first-order chi connectivity index (χ1) is 5.36. The van der Waals surface area contributed by atoms with Crippen molar-refractivity contribution in [3.8, 4) is 0 Å². The second-order valence-electron chi connectivity index (χ2n) is 2.10. The number of hydrogen-bond acceptors (Lipinski definition) is 3. The fourth-order valence-electron chi connectivity index (χ4n) is 0.738. The van der Waals surface area contributed by atoms with Gasteiger partial charge in [-0.05, 0) is 17.4 Å². The molecule has 1 aromatic heterocycles. The maximum atomic E-state index is 8.71. The van der Waals surface area contributed by atoms with Gasteiger partial charge in [0.2, 0.25) is 0 Å². The zero-order valence-corrected chi connectivity index (χ0v) is 7.27. The van der Waals surface area contributed by atoms with Gasteiger partial charge in [0.25, 0.3) is 0 Å². The minimum atomic E-state index is 0.0735. The van der Waals surface area contributed by atoms with Gasteiger partial charge in [0.15, 0.2) is 0 Å². The largest absolute Gasteiger partial charge is 0.392 e. The van der Waals surface area contributed by atoms with Crippen LogP contribution in [0.2, 0.25) is 0 Å². The van der Waals surface area contributed by atoms with Gasteiger partial charge in [0, 0.05) is 6.20 Å². The van der Waals surface area contributed by atoms with Crippen LogP contribution < -0.4 is 0 Å². The van der Waals surface area contributed by atoms with Crippen molar-refractivity contribution in [3.63, 3.8) is 0 Å². The van der Waals surface area contributed by atoms with Crippen molar-refractivity contribution in [2.45, 2.75) is 18.6 Å². The van der Waals surface area contributed by atoms with E-state index in [0.29, 0.717) is 0 Å². The number of thioether (sulfide) groups is 1. The van der Waals surface area contributed by atoms with Crippen LogP contribution >= 0.6 is 11.8 Å². The lowest BCUT2D eigenvalue weighted by Gasteiger charge is -1.97. The van der Waals surface area contributed by atoms with E-state index in [9.17, 15) is 0 Å². The van der Waals surface area contributed by atoms with Crippen LogP contribution in [-0.4, -0.2) is 15.8 Å². The molecule has 0 bridgehead atoms. The number of aromatic nitrogens is 1. The van der Waals surface area contributed by atoms with Crippen LogP contribution in [0.3, 0.4) is 0 Å². The van der Waals surface area contributed by atoms with E-state index in [0.717, 1.165) is 16.3 Å². The van der Waals surface area contributed by atoms with Crippen molar-refractivity contribution in [1.29, 1.82) is 0 Å². The average molecular weight is 169 g/mol. The zero-order chi connectivity index (χ0) is 8.10. The molecule has 0 aromatic carbocycles. The maximum Gasteiger partial charge on any atom is 0.0959 e. The molecule has 0 unspecified atom stereocenters. The molecule has 0 atom stereocenters. The van der Waals surface area contributed by atoms with Crippen LogP contribution in [0.5, 0.6) is 0 Å². The van der Waals surface area contributed by atoms with Gasteiger partial charge in [0.1, 0.15) is 0 Å². The highest BCUT2D eigenvalue weighted by Crippen LogP contribution is 2.13. The molecule has 1 heterocycles. The first-order valence-electron chi connectivity index (χ1n) is 3.55. The van der Waals surface area contributed by atoms with Crippen molar-refractivity contribution in [1.82, 2.24) is 4.98 Å². The van der Waals surface area contributed by atoms with Gasteiger partial charge in [-0.15, -0.1) is 11.8 Å². The van der Waals surface area contributed by atoms with Crippen molar-refractivity contribution in [2.75, 3.05) is 5.75 Å². The fourth-order valence-corrected chi connectivity index (χ4v) is 1.32. The number of aliphatic hydroxyl groups excluding tert-OH is 1. The number of rotatable bonds is 3. The summed E-state index contributed by atoms with van der Waals surface area (Å²) in [6.45, 7) is 2.16. The summed E-state index contributed by atoms with van der Waals surface area (Å²) in [6.07, 6.45) is 1.71. The van der Waals surface area contributed by atoms with Crippen molar-refractivity contribution in [2.24, 2.45) is 0 Å². The monoisotopic (exact) mass is 169 g/mol. The molecule has 0 radical (unpaired) electrons. The summed E-state index contributed by atoms with van der Waals surface area (Å²) in [5.41, 5.74) is 0.866. The number of nitrogens with zero attached hydrogens (tertiary/aromatic N) is 1. The highest BCUT2D eigenvalue weighted by molar-refractivity contribution is 7.99. The summed E-state index contributed by atoms with van der Waals surface area (Å²) in [5.74, 6) is 1.03. The topological polar surface area (TPSA) is 33.1 Å².